The first-order chi connectivity index (χ1) is 7.83. The summed E-state index contributed by atoms with van der Waals surface area (Å²) >= 11 is 0. The molecule has 0 spiro atoms. The molecule has 1 fully saturated rings. The van der Waals surface area contributed by atoms with Crippen LogP contribution in [0.4, 0.5) is 0 Å². The Morgan fingerprint density at radius 2 is 1.88 bits per heavy atom. The largest absolute Gasteiger partial charge is 0.393 e. The average molecular weight is 219 g/mol. The molecule has 3 atom stereocenters. The highest BCUT2D eigenvalue weighted by atomic mass is 16.3. The van der Waals surface area contributed by atoms with Gasteiger partial charge in [0, 0.05) is 5.92 Å². The van der Waals surface area contributed by atoms with Gasteiger partial charge in [-0.1, -0.05) is 43.2 Å². The molecule has 1 aliphatic carbocycles. The van der Waals surface area contributed by atoms with Crippen molar-refractivity contribution in [3.05, 3.63) is 35.9 Å². The van der Waals surface area contributed by atoms with E-state index in [2.05, 4.69) is 12.1 Å². The first-order valence-electron chi connectivity index (χ1n) is 6.26. The van der Waals surface area contributed by atoms with E-state index in [1.165, 1.54) is 12.0 Å². The minimum atomic E-state index is -0.164. The number of nitrogens with two attached hydrogens (primary N) is 1. The van der Waals surface area contributed by atoms with Gasteiger partial charge in [-0.3, -0.25) is 0 Å². The predicted octanol–water partition coefficient (Wildman–Crippen LogP) is 2.28. The molecule has 2 nitrogen and oxygen atoms in total. The predicted molar refractivity (Wildman–Crippen MR) is 66.2 cm³/mol. The molecule has 2 heteroatoms. The minimum Gasteiger partial charge on any atom is -0.393 e. The van der Waals surface area contributed by atoms with Gasteiger partial charge >= 0.3 is 0 Å². The van der Waals surface area contributed by atoms with E-state index in [-0.39, 0.29) is 6.10 Å². The number of rotatable bonds is 3. The second-order valence-electron chi connectivity index (χ2n) is 4.77. The molecular formula is C14H21NO. The Morgan fingerprint density at radius 3 is 2.50 bits per heavy atom. The lowest BCUT2D eigenvalue weighted by atomic mass is 9.75. The van der Waals surface area contributed by atoms with Crippen LogP contribution in [0, 0.1) is 5.92 Å². The van der Waals surface area contributed by atoms with Gasteiger partial charge in [0.25, 0.3) is 0 Å². The van der Waals surface area contributed by atoms with Crippen molar-refractivity contribution in [2.45, 2.75) is 37.7 Å². The number of aliphatic hydroxyl groups excluding tert-OH is 1. The Morgan fingerprint density at radius 1 is 1.19 bits per heavy atom. The van der Waals surface area contributed by atoms with Crippen molar-refractivity contribution >= 4 is 0 Å². The second kappa shape index (κ2) is 5.46. The topological polar surface area (TPSA) is 46.2 Å². The molecule has 0 aliphatic heterocycles. The fraction of sp³-hybridized carbons (Fsp3) is 0.571. The Hall–Kier alpha value is -0.860. The zero-order valence-corrected chi connectivity index (χ0v) is 9.68. The summed E-state index contributed by atoms with van der Waals surface area (Å²) in [6.07, 6.45) is 4.27. The normalized spacial score (nSPS) is 27.6. The Labute approximate surface area is 97.5 Å². The van der Waals surface area contributed by atoms with Gasteiger partial charge in [-0.05, 0) is 30.9 Å². The quantitative estimate of drug-likeness (QED) is 0.819. The number of aliphatic hydroxyl groups is 1. The maximum atomic E-state index is 10.1. The molecule has 0 bridgehead atoms. The van der Waals surface area contributed by atoms with Gasteiger partial charge in [-0.25, -0.2) is 0 Å². The van der Waals surface area contributed by atoms with E-state index in [1.54, 1.807) is 0 Å². The Balaban J connectivity index is 2.15. The SMILES string of the molecule is NC[C@@H](c1ccccc1)C1CCCC[C@@H]1O. The molecule has 1 aromatic rings. The van der Waals surface area contributed by atoms with Crippen LogP contribution in [0.1, 0.15) is 37.2 Å². The van der Waals surface area contributed by atoms with E-state index in [4.69, 9.17) is 5.73 Å². The van der Waals surface area contributed by atoms with Crippen molar-refractivity contribution in [2.24, 2.45) is 11.7 Å². The maximum absolute atomic E-state index is 10.1. The highest BCUT2D eigenvalue weighted by Crippen LogP contribution is 2.35. The molecule has 16 heavy (non-hydrogen) atoms. The highest BCUT2D eigenvalue weighted by molar-refractivity contribution is 5.21. The molecular weight excluding hydrogens is 198 g/mol. The van der Waals surface area contributed by atoms with Gasteiger partial charge in [-0.2, -0.15) is 0 Å². The van der Waals surface area contributed by atoms with Crippen molar-refractivity contribution in [3.8, 4) is 0 Å². The fourth-order valence-corrected chi connectivity index (χ4v) is 2.87. The van der Waals surface area contributed by atoms with Crippen molar-refractivity contribution < 1.29 is 5.11 Å². The maximum Gasteiger partial charge on any atom is 0.0574 e. The van der Waals surface area contributed by atoms with Crippen LogP contribution < -0.4 is 5.73 Å². The molecule has 88 valence electrons. The van der Waals surface area contributed by atoms with E-state index >= 15 is 0 Å². The fourth-order valence-electron chi connectivity index (χ4n) is 2.87. The molecule has 1 saturated carbocycles. The zero-order valence-electron chi connectivity index (χ0n) is 9.68. The van der Waals surface area contributed by atoms with Crippen LogP contribution in [0.5, 0.6) is 0 Å². The number of hydrogen-bond donors (Lipinski definition) is 2. The zero-order chi connectivity index (χ0) is 11.4. The molecule has 0 amide bonds. The first kappa shape index (κ1) is 11.6. The summed E-state index contributed by atoms with van der Waals surface area (Å²) in [7, 11) is 0. The van der Waals surface area contributed by atoms with Gasteiger partial charge in [-0.15, -0.1) is 0 Å². The van der Waals surface area contributed by atoms with Crippen LogP contribution in [0.25, 0.3) is 0 Å². The molecule has 0 aromatic heterocycles. The van der Waals surface area contributed by atoms with Crippen molar-refractivity contribution in [3.63, 3.8) is 0 Å². The van der Waals surface area contributed by atoms with Gasteiger partial charge in [0.05, 0.1) is 6.10 Å². The smallest absolute Gasteiger partial charge is 0.0574 e. The molecule has 0 saturated heterocycles. The lowest BCUT2D eigenvalue weighted by Crippen LogP contribution is -2.33. The van der Waals surface area contributed by atoms with E-state index < -0.39 is 0 Å². The second-order valence-corrected chi connectivity index (χ2v) is 4.77. The molecule has 3 N–H and O–H groups in total. The average Bonchev–Trinajstić information content (AvgIpc) is 2.34. The van der Waals surface area contributed by atoms with E-state index in [1.807, 2.05) is 18.2 Å². The minimum absolute atomic E-state index is 0.164. The summed E-state index contributed by atoms with van der Waals surface area (Å²) in [4.78, 5) is 0. The number of hydrogen-bond acceptors (Lipinski definition) is 2. The molecule has 1 aromatic carbocycles. The van der Waals surface area contributed by atoms with Crippen LogP contribution in [0.2, 0.25) is 0 Å². The summed E-state index contributed by atoms with van der Waals surface area (Å²) < 4.78 is 0. The lowest BCUT2D eigenvalue weighted by molar-refractivity contribution is 0.0561. The van der Waals surface area contributed by atoms with Gasteiger partial charge in [0.2, 0.25) is 0 Å². The summed E-state index contributed by atoms with van der Waals surface area (Å²) in [5, 5.41) is 10.1. The highest BCUT2D eigenvalue weighted by Gasteiger charge is 2.30. The van der Waals surface area contributed by atoms with Crippen LogP contribution in [0.15, 0.2) is 30.3 Å². The van der Waals surface area contributed by atoms with Crippen molar-refractivity contribution in [1.82, 2.24) is 0 Å². The summed E-state index contributed by atoms with van der Waals surface area (Å²) in [6, 6.07) is 10.4. The molecule has 1 aliphatic rings. The standard InChI is InChI=1S/C14H21NO/c15-10-13(11-6-2-1-3-7-11)12-8-4-5-9-14(12)16/h1-3,6-7,12-14,16H,4-5,8-10,15H2/t12?,13-,14-/m0/s1. The van der Waals surface area contributed by atoms with Crippen LogP contribution in [0.3, 0.4) is 0 Å². The van der Waals surface area contributed by atoms with E-state index in [0.717, 1.165) is 19.3 Å². The van der Waals surface area contributed by atoms with Crippen LogP contribution in [-0.2, 0) is 0 Å². The van der Waals surface area contributed by atoms with Crippen LogP contribution in [-0.4, -0.2) is 17.8 Å². The third-order valence-corrected chi connectivity index (χ3v) is 3.78. The third-order valence-electron chi connectivity index (χ3n) is 3.78. The summed E-state index contributed by atoms with van der Waals surface area (Å²) in [5.74, 6) is 0.664. The monoisotopic (exact) mass is 219 g/mol. The summed E-state index contributed by atoms with van der Waals surface area (Å²) in [5.41, 5.74) is 7.16. The van der Waals surface area contributed by atoms with Gasteiger partial charge in [0.15, 0.2) is 0 Å². The lowest BCUT2D eigenvalue weighted by Gasteiger charge is -2.34. The molecule has 1 unspecified atom stereocenters. The summed E-state index contributed by atoms with van der Waals surface area (Å²) in [6.45, 7) is 0.631. The van der Waals surface area contributed by atoms with E-state index in [0.29, 0.717) is 18.4 Å². The number of benzene rings is 1. The van der Waals surface area contributed by atoms with Crippen molar-refractivity contribution in [2.75, 3.05) is 6.54 Å². The van der Waals surface area contributed by atoms with E-state index in [9.17, 15) is 5.11 Å². The molecule has 2 rings (SSSR count). The third kappa shape index (κ3) is 2.45. The molecule has 0 heterocycles. The van der Waals surface area contributed by atoms with Gasteiger partial charge < -0.3 is 10.8 Å². The van der Waals surface area contributed by atoms with Crippen LogP contribution >= 0.6 is 0 Å². The van der Waals surface area contributed by atoms with Gasteiger partial charge in [0.1, 0.15) is 0 Å². The Kier molecular flexibility index (Phi) is 3.97. The Bertz CT molecular complexity index is 312. The first-order valence-corrected chi connectivity index (χ1v) is 6.26. The van der Waals surface area contributed by atoms with Crippen molar-refractivity contribution in [1.29, 1.82) is 0 Å². The molecule has 0 radical (unpaired) electrons.